The van der Waals surface area contributed by atoms with Gasteiger partial charge in [-0.2, -0.15) is 0 Å². The van der Waals surface area contributed by atoms with E-state index in [0.717, 1.165) is 0 Å². The Morgan fingerprint density at radius 2 is 2.00 bits per heavy atom. The largest absolute Gasteiger partial charge is 0.465 e. The number of carbonyl (C=O) groups is 2. The summed E-state index contributed by atoms with van der Waals surface area (Å²) in [6.07, 6.45) is 0. The molecule has 0 heterocycles. The third-order valence-electron chi connectivity index (χ3n) is 1.97. The standard InChI is InChI=1S/C11H13NO4/c1-3-16-11(14)8-5-4-7(6-9(8)12)10(13)15-2/h4-6H,3,12H2,1-2H3. The third kappa shape index (κ3) is 2.50. The first-order valence-corrected chi connectivity index (χ1v) is 4.75. The van der Waals surface area contributed by atoms with E-state index in [9.17, 15) is 9.59 Å². The molecule has 16 heavy (non-hydrogen) atoms. The molecule has 0 aliphatic carbocycles. The predicted molar refractivity (Wildman–Crippen MR) is 58.2 cm³/mol. The molecule has 0 bridgehead atoms. The highest BCUT2D eigenvalue weighted by molar-refractivity contribution is 5.98. The highest BCUT2D eigenvalue weighted by atomic mass is 16.5. The second kappa shape index (κ2) is 5.16. The number of benzene rings is 1. The molecule has 86 valence electrons. The molecule has 0 saturated carbocycles. The van der Waals surface area contributed by atoms with Gasteiger partial charge < -0.3 is 15.2 Å². The van der Waals surface area contributed by atoms with Gasteiger partial charge in [0.1, 0.15) is 0 Å². The van der Waals surface area contributed by atoms with Gasteiger partial charge in [-0.25, -0.2) is 9.59 Å². The predicted octanol–water partition coefficient (Wildman–Crippen LogP) is 1.23. The Morgan fingerprint density at radius 1 is 1.31 bits per heavy atom. The molecular weight excluding hydrogens is 210 g/mol. The van der Waals surface area contributed by atoms with Crippen LogP contribution in [-0.4, -0.2) is 25.7 Å². The van der Waals surface area contributed by atoms with Gasteiger partial charge in [-0.05, 0) is 25.1 Å². The van der Waals surface area contributed by atoms with E-state index < -0.39 is 11.9 Å². The van der Waals surface area contributed by atoms with Crippen LogP contribution >= 0.6 is 0 Å². The Bertz CT molecular complexity index is 414. The number of hydrogen-bond donors (Lipinski definition) is 1. The lowest BCUT2D eigenvalue weighted by Crippen LogP contribution is -2.10. The van der Waals surface area contributed by atoms with Crippen molar-refractivity contribution < 1.29 is 19.1 Å². The Labute approximate surface area is 93.1 Å². The molecule has 2 N–H and O–H groups in total. The first-order chi connectivity index (χ1) is 7.60. The van der Waals surface area contributed by atoms with E-state index >= 15 is 0 Å². The SMILES string of the molecule is CCOC(=O)c1ccc(C(=O)OC)cc1N. The van der Waals surface area contributed by atoms with E-state index in [1.165, 1.54) is 25.3 Å². The Balaban J connectivity index is 3.00. The molecule has 0 aromatic heterocycles. The molecule has 1 rings (SSSR count). The minimum absolute atomic E-state index is 0.196. The highest BCUT2D eigenvalue weighted by Gasteiger charge is 2.13. The van der Waals surface area contributed by atoms with Crippen molar-refractivity contribution >= 4 is 17.6 Å². The van der Waals surface area contributed by atoms with Gasteiger partial charge in [-0.1, -0.05) is 0 Å². The van der Waals surface area contributed by atoms with Crippen LogP contribution in [0.4, 0.5) is 5.69 Å². The molecule has 0 unspecified atom stereocenters. The van der Waals surface area contributed by atoms with E-state index in [1.54, 1.807) is 6.92 Å². The van der Waals surface area contributed by atoms with Crippen molar-refractivity contribution in [3.63, 3.8) is 0 Å². The van der Waals surface area contributed by atoms with Crippen LogP contribution in [-0.2, 0) is 9.47 Å². The monoisotopic (exact) mass is 223 g/mol. The van der Waals surface area contributed by atoms with Crippen LogP contribution in [0, 0.1) is 0 Å². The molecule has 0 radical (unpaired) electrons. The van der Waals surface area contributed by atoms with Gasteiger partial charge in [0.2, 0.25) is 0 Å². The van der Waals surface area contributed by atoms with Crippen molar-refractivity contribution in [3.8, 4) is 0 Å². The quantitative estimate of drug-likeness (QED) is 0.616. The van der Waals surface area contributed by atoms with Gasteiger partial charge in [-0.3, -0.25) is 0 Å². The van der Waals surface area contributed by atoms with Gasteiger partial charge in [0.15, 0.2) is 0 Å². The summed E-state index contributed by atoms with van der Waals surface area (Å²) in [6.45, 7) is 1.98. The number of nitrogens with two attached hydrogens (primary N) is 1. The fraction of sp³-hybridized carbons (Fsp3) is 0.273. The maximum absolute atomic E-state index is 11.4. The van der Waals surface area contributed by atoms with Crippen LogP contribution in [0.2, 0.25) is 0 Å². The molecule has 1 aromatic rings. The zero-order valence-electron chi connectivity index (χ0n) is 9.15. The highest BCUT2D eigenvalue weighted by Crippen LogP contribution is 2.16. The molecule has 0 amide bonds. The molecule has 0 atom stereocenters. The fourth-order valence-corrected chi connectivity index (χ4v) is 1.20. The van der Waals surface area contributed by atoms with Crippen molar-refractivity contribution in [2.75, 3.05) is 19.5 Å². The van der Waals surface area contributed by atoms with E-state index in [0.29, 0.717) is 5.56 Å². The molecule has 0 spiro atoms. The molecule has 0 fully saturated rings. The minimum atomic E-state index is -0.503. The normalized spacial score (nSPS) is 9.62. The summed E-state index contributed by atoms with van der Waals surface area (Å²) in [6, 6.07) is 4.30. The Hall–Kier alpha value is -2.04. The summed E-state index contributed by atoms with van der Waals surface area (Å²) in [5.41, 5.74) is 6.38. The third-order valence-corrected chi connectivity index (χ3v) is 1.97. The second-order valence-corrected chi connectivity index (χ2v) is 3.01. The number of rotatable bonds is 3. The molecular formula is C11H13NO4. The first-order valence-electron chi connectivity index (χ1n) is 4.75. The minimum Gasteiger partial charge on any atom is -0.465 e. The summed E-state index contributed by atoms with van der Waals surface area (Å²) in [7, 11) is 1.28. The molecule has 0 aliphatic heterocycles. The molecule has 1 aromatic carbocycles. The smallest absolute Gasteiger partial charge is 0.340 e. The maximum Gasteiger partial charge on any atom is 0.340 e. The van der Waals surface area contributed by atoms with E-state index in [1.807, 2.05) is 0 Å². The van der Waals surface area contributed by atoms with E-state index in [2.05, 4.69) is 4.74 Å². The Morgan fingerprint density at radius 3 is 2.50 bits per heavy atom. The lowest BCUT2D eigenvalue weighted by atomic mass is 10.1. The summed E-state index contributed by atoms with van der Waals surface area (Å²) in [5, 5.41) is 0. The van der Waals surface area contributed by atoms with Crippen LogP contribution in [0.15, 0.2) is 18.2 Å². The number of ether oxygens (including phenoxy) is 2. The summed E-state index contributed by atoms with van der Waals surface area (Å²) >= 11 is 0. The number of methoxy groups -OCH3 is 1. The zero-order chi connectivity index (χ0) is 12.1. The number of hydrogen-bond acceptors (Lipinski definition) is 5. The lowest BCUT2D eigenvalue weighted by molar-refractivity contribution is 0.0525. The van der Waals surface area contributed by atoms with Crippen LogP contribution < -0.4 is 5.73 Å². The second-order valence-electron chi connectivity index (χ2n) is 3.01. The molecule has 5 nitrogen and oxygen atoms in total. The van der Waals surface area contributed by atoms with E-state index in [4.69, 9.17) is 10.5 Å². The zero-order valence-corrected chi connectivity index (χ0v) is 9.15. The summed E-state index contributed by atoms with van der Waals surface area (Å²) in [5.74, 6) is -1.00. The van der Waals surface area contributed by atoms with Crippen LogP contribution in [0.25, 0.3) is 0 Å². The number of anilines is 1. The number of nitrogen functional groups attached to an aromatic ring is 1. The van der Waals surface area contributed by atoms with Crippen LogP contribution in [0.3, 0.4) is 0 Å². The fourth-order valence-electron chi connectivity index (χ4n) is 1.20. The lowest BCUT2D eigenvalue weighted by Gasteiger charge is -2.06. The summed E-state index contributed by atoms with van der Waals surface area (Å²) in [4.78, 5) is 22.6. The van der Waals surface area contributed by atoms with Gasteiger partial charge in [0, 0.05) is 5.69 Å². The van der Waals surface area contributed by atoms with Crippen LogP contribution in [0.5, 0.6) is 0 Å². The first kappa shape index (κ1) is 12.0. The van der Waals surface area contributed by atoms with Crippen molar-refractivity contribution in [1.82, 2.24) is 0 Å². The molecule has 5 heteroatoms. The summed E-state index contributed by atoms with van der Waals surface area (Å²) < 4.78 is 9.33. The van der Waals surface area contributed by atoms with Crippen LogP contribution in [0.1, 0.15) is 27.6 Å². The van der Waals surface area contributed by atoms with Gasteiger partial charge >= 0.3 is 11.9 Å². The number of carbonyl (C=O) groups excluding carboxylic acids is 2. The van der Waals surface area contributed by atoms with Crippen molar-refractivity contribution in [3.05, 3.63) is 29.3 Å². The van der Waals surface area contributed by atoms with E-state index in [-0.39, 0.29) is 17.9 Å². The molecule has 0 saturated heterocycles. The topological polar surface area (TPSA) is 78.6 Å². The number of esters is 2. The Kier molecular flexibility index (Phi) is 3.88. The maximum atomic E-state index is 11.4. The van der Waals surface area contributed by atoms with Gasteiger partial charge in [0.25, 0.3) is 0 Å². The van der Waals surface area contributed by atoms with Crippen molar-refractivity contribution in [2.45, 2.75) is 6.92 Å². The average molecular weight is 223 g/mol. The van der Waals surface area contributed by atoms with Gasteiger partial charge in [-0.15, -0.1) is 0 Å². The molecule has 0 aliphatic rings. The van der Waals surface area contributed by atoms with Gasteiger partial charge in [0.05, 0.1) is 24.8 Å². The average Bonchev–Trinajstić information content (AvgIpc) is 2.28. The van der Waals surface area contributed by atoms with Crippen molar-refractivity contribution in [1.29, 1.82) is 0 Å². The van der Waals surface area contributed by atoms with Crippen molar-refractivity contribution in [2.24, 2.45) is 0 Å².